The molecule has 0 aliphatic carbocycles. The zero-order valence-corrected chi connectivity index (χ0v) is 16.1. The molecule has 134 valence electrons. The number of alkyl halides is 3. The Morgan fingerprint density at radius 3 is 2.36 bits per heavy atom. The van der Waals surface area contributed by atoms with Crippen LogP contribution in [0.5, 0.6) is 0 Å². The van der Waals surface area contributed by atoms with Crippen molar-refractivity contribution in [2.24, 2.45) is 0 Å². The van der Waals surface area contributed by atoms with E-state index < -0.39 is 21.7 Å². The van der Waals surface area contributed by atoms with Crippen molar-refractivity contribution in [3.8, 4) is 0 Å². The number of carbonyl (C=O) groups excluding carboxylic acids is 1. The molecule has 3 nitrogen and oxygen atoms in total. The van der Waals surface area contributed by atoms with Gasteiger partial charge in [-0.15, -0.1) is 0 Å². The quantitative estimate of drug-likeness (QED) is 0.608. The molecule has 0 heterocycles. The van der Waals surface area contributed by atoms with Gasteiger partial charge in [-0.1, -0.05) is 70.7 Å². The minimum atomic E-state index is -1.85. The van der Waals surface area contributed by atoms with Gasteiger partial charge in [-0.3, -0.25) is 0 Å². The highest BCUT2D eigenvalue weighted by Crippen LogP contribution is 2.40. The molecule has 2 aromatic rings. The lowest BCUT2D eigenvalue weighted by Crippen LogP contribution is -2.42. The Bertz CT molecular complexity index is 747. The summed E-state index contributed by atoms with van der Waals surface area (Å²) >= 11 is 23.7. The molecule has 0 saturated heterocycles. The number of rotatable bonds is 4. The van der Waals surface area contributed by atoms with E-state index in [-0.39, 0.29) is 6.54 Å². The van der Waals surface area contributed by atoms with Gasteiger partial charge in [0.05, 0.1) is 0 Å². The number of aryl methyl sites for hydroxylation is 1. The lowest BCUT2D eigenvalue weighted by Gasteiger charge is -2.26. The van der Waals surface area contributed by atoms with Crippen LogP contribution in [0.2, 0.25) is 5.02 Å². The molecule has 0 spiro atoms. The average Bonchev–Trinajstić information content (AvgIpc) is 2.54. The van der Waals surface area contributed by atoms with Gasteiger partial charge in [0.15, 0.2) is 0 Å². The number of hydrogen-bond acceptors (Lipinski definition) is 1. The van der Waals surface area contributed by atoms with Crippen LogP contribution in [0.15, 0.2) is 42.5 Å². The molecule has 0 bridgehead atoms. The summed E-state index contributed by atoms with van der Waals surface area (Å²) in [4.78, 5) is 12.1. The van der Waals surface area contributed by atoms with E-state index in [0.717, 1.165) is 5.56 Å². The van der Waals surface area contributed by atoms with Crippen LogP contribution in [0, 0.1) is 12.7 Å². The minimum Gasteiger partial charge on any atom is -0.334 e. The van der Waals surface area contributed by atoms with Gasteiger partial charge in [-0.2, -0.15) is 0 Å². The van der Waals surface area contributed by atoms with Gasteiger partial charge in [0.25, 0.3) is 0 Å². The molecular formula is C17H15Cl4FN2O. The fourth-order valence-corrected chi connectivity index (χ4v) is 2.78. The molecule has 2 amide bonds. The van der Waals surface area contributed by atoms with Gasteiger partial charge in [-0.05, 0) is 41.8 Å². The van der Waals surface area contributed by atoms with Crippen LogP contribution < -0.4 is 10.6 Å². The number of urea groups is 1. The standard InChI is InChI=1S/C17H15Cl4FN2O/c1-10-2-5-12(8-14(10)22)15(17(19,20)21)24-16(25)23-9-11-3-6-13(18)7-4-11/h2-8,15H,9H2,1H3,(H2,23,24,25). The van der Waals surface area contributed by atoms with Crippen molar-refractivity contribution in [1.82, 2.24) is 10.6 Å². The Labute approximate surface area is 165 Å². The lowest BCUT2D eigenvalue weighted by atomic mass is 10.1. The maximum Gasteiger partial charge on any atom is 0.315 e. The number of nitrogens with one attached hydrogen (secondary N) is 2. The van der Waals surface area contributed by atoms with Gasteiger partial charge in [0.1, 0.15) is 11.9 Å². The number of carbonyl (C=O) groups is 1. The first-order valence-electron chi connectivity index (χ1n) is 7.28. The zero-order valence-electron chi connectivity index (χ0n) is 13.1. The molecule has 0 fully saturated rings. The van der Waals surface area contributed by atoms with Crippen LogP contribution in [0.4, 0.5) is 9.18 Å². The predicted octanol–water partition coefficient (Wildman–Crippen LogP) is 5.70. The summed E-state index contributed by atoms with van der Waals surface area (Å²) in [5.41, 5.74) is 1.66. The molecular weight excluding hydrogens is 409 g/mol. The van der Waals surface area contributed by atoms with E-state index in [1.165, 1.54) is 6.07 Å². The molecule has 1 unspecified atom stereocenters. The first-order valence-corrected chi connectivity index (χ1v) is 8.79. The van der Waals surface area contributed by atoms with Crippen LogP contribution in [0.1, 0.15) is 22.7 Å². The summed E-state index contributed by atoms with van der Waals surface area (Å²) in [5.74, 6) is -0.444. The van der Waals surface area contributed by atoms with Crippen LogP contribution in [0.25, 0.3) is 0 Å². The second-order valence-corrected chi connectivity index (χ2v) is 8.24. The van der Waals surface area contributed by atoms with Crippen molar-refractivity contribution in [2.75, 3.05) is 0 Å². The van der Waals surface area contributed by atoms with E-state index in [4.69, 9.17) is 46.4 Å². The molecule has 2 rings (SSSR count). The Hall–Kier alpha value is -1.20. The largest absolute Gasteiger partial charge is 0.334 e. The topological polar surface area (TPSA) is 41.1 Å². The third kappa shape index (κ3) is 5.93. The number of benzene rings is 2. The maximum absolute atomic E-state index is 13.8. The van der Waals surface area contributed by atoms with Gasteiger partial charge in [-0.25, -0.2) is 9.18 Å². The van der Waals surface area contributed by atoms with Crippen LogP contribution in [-0.4, -0.2) is 9.82 Å². The van der Waals surface area contributed by atoms with E-state index in [1.807, 2.05) is 0 Å². The van der Waals surface area contributed by atoms with E-state index in [1.54, 1.807) is 43.3 Å². The SMILES string of the molecule is Cc1ccc(C(NC(=O)NCc2ccc(Cl)cc2)C(Cl)(Cl)Cl)cc1F. The first-order chi connectivity index (χ1) is 11.7. The molecule has 0 saturated carbocycles. The summed E-state index contributed by atoms with van der Waals surface area (Å²) in [6.07, 6.45) is 0. The second kappa shape index (κ2) is 8.45. The molecule has 0 aliphatic rings. The zero-order chi connectivity index (χ0) is 18.6. The summed E-state index contributed by atoms with van der Waals surface area (Å²) in [7, 11) is 0. The van der Waals surface area contributed by atoms with Crippen molar-refractivity contribution in [2.45, 2.75) is 23.3 Å². The van der Waals surface area contributed by atoms with Crippen molar-refractivity contribution in [3.63, 3.8) is 0 Å². The molecule has 1 atom stereocenters. The molecule has 2 N–H and O–H groups in total. The predicted molar refractivity (Wildman–Crippen MR) is 101 cm³/mol. The van der Waals surface area contributed by atoms with Crippen LogP contribution in [-0.2, 0) is 6.54 Å². The third-order valence-electron chi connectivity index (χ3n) is 3.50. The smallest absolute Gasteiger partial charge is 0.315 e. The van der Waals surface area contributed by atoms with Crippen LogP contribution in [0.3, 0.4) is 0 Å². The molecule has 2 aromatic carbocycles. The number of hydrogen-bond donors (Lipinski definition) is 2. The average molecular weight is 424 g/mol. The van der Waals surface area contributed by atoms with E-state index >= 15 is 0 Å². The minimum absolute atomic E-state index is 0.262. The fourth-order valence-electron chi connectivity index (χ4n) is 2.11. The van der Waals surface area contributed by atoms with E-state index in [9.17, 15) is 9.18 Å². The Morgan fingerprint density at radius 2 is 1.80 bits per heavy atom. The van der Waals surface area contributed by atoms with Gasteiger partial charge >= 0.3 is 6.03 Å². The summed E-state index contributed by atoms with van der Waals surface area (Å²) in [5, 5.41) is 5.82. The summed E-state index contributed by atoms with van der Waals surface area (Å²) in [6, 6.07) is 9.83. The van der Waals surface area contributed by atoms with Crippen LogP contribution >= 0.6 is 46.4 Å². The Morgan fingerprint density at radius 1 is 1.16 bits per heavy atom. The highest BCUT2D eigenvalue weighted by atomic mass is 35.6. The van der Waals surface area contributed by atoms with Crippen molar-refractivity contribution >= 4 is 52.4 Å². The van der Waals surface area contributed by atoms with E-state index in [2.05, 4.69) is 10.6 Å². The fraction of sp³-hybridized carbons (Fsp3) is 0.235. The van der Waals surface area contributed by atoms with Gasteiger partial charge < -0.3 is 10.6 Å². The molecule has 8 heteroatoms. The summed E-state index contributed by atoms with van der Waals surface area (Å²) < 4.78 is 12.0. The van der Waals surface area contributed by atoms with Gasteiger partial charge in [0.2, 0.25) is 3.79 Å². The molecule has 25 heavy (non-hydrogen) atoms. The first kappa shape index (κ1) is 20.1. The van der Waals surface area contributed by atoms with E-state index in [0.29, 0.717) is 16.1 Å². The number of amides is 2. The Balaban J connectivity index is 2.07. The Kier molecular flexibility index (Phi) is 6.80. The maximum atomic E-state index is 13.8. The van der Waals surface area contributed by atoms with Gasteiger partial charge in [0, 0.05) is 11.6 Å². The molecule has 0 aliphatic heterocycles. The normalized spacial score (nSPS) is 12.6. The highest BCUT2D eigenvalue weighted by molar-refractivity contribution is 6.68. The molecule has 0 aromatic heterocycles. The monoisotopic (exact) mass is 422 g/mol. The lowest BCUT2D eigenvalue weighted by molar-refractivity contribution is 0.236. The second-order valence-electron chi connectivity index (χ2n) is 5.44. The molecule has 0 radical (unpaired) electrons. The highest BCUT2D eigenvalue weighted by Gasteiger charge is 2.35. The third-order valence-corrected chi connectivity index (χ3v) is 4.40. The van der Waals surface area contributed by atoms with Crippen molar-refractivity contribution < 1.29 is 9.18 Å². The summed E-state index contributed by atoms with van der Waals surface area (Å²) in [6.45, 7) is 1.88. The van der Waals surface area contributed by atoms with Crippen molar-refractivity contribution in [3.05, 3.63) is 70.0 Å². The number of halogens is 5. The van der Waals surface area contributed by atoms with Crippen molar-refractivity contribution in [1.29, 1.82) is 0 Å².